The van der Waals surface area contributed by atoms with Crippen LogP contribution < -0.4 is 4.90 Å². The van der Waals surface area contributed by atoms with Crippen LogP contribution in [0, 0.1) is 25.6 Å². The number of halogens is 1. The Morgan fingerprint density at radius 1 is 1.14 bits per heavy atom. The van der Waals surface area contributed by atoms with Crippen molar-refractivity contribution in [1.29, 1.82) is 0 Å². The zero-order valence-electron chi connectivity index (χ0n) is 16.3. The van der Waals surface area contributed by atoms with Gasteiger partial charge in [0.2, 0.25) is 0 Å². The van der Waals surface area contributed by atoms with E-state index in [0.717, 1.165) is 36.3 Å². The predicted octanol–water partition coefficient (Wildman–Crippen LogP) is 4.40. The summed E-state index contributed by atoms with van der Waals surface area (Å²) in [6.45, 7) is 3.85. The van der Waals surface area contributed by atoms with Crippen LogP contribution in [0.1, 0.15) is 47.9 Å². The van der Waals surface area contributed by atoms with E-state index < -0.39 is 6.04 Å². The maximum atomic E-state index is 13.6. The molecule has 5 nitrogen and oxygen atoms in total. The first kappa shape index (κ1) is 18.5. The minimum Gasteiger partial charge on any atom is -0.483 e. The second kappa shape index (κ2) is 6.76. The molecule has 0 bridgehead atoms. The fourth-order valence-electron chi connectivity index (χ4n) is 4.56. The lowest BCUT2D eigenvalue weighted by atomic mass is 9.77. The molecule has 1 aromatic heterocycles. The van der Waals surface area contributed by atoms with E-state index in [-0.39, 0.29) is 35.3 Å². The van der Waals surface area contributed by atoms with Crippen LogP contribution in [0.2, 0.25) is 0 Å². The van der Waals surface area contributed by atoms with Gasteiger partial charge in [-0.15, -0.1) is 11.3 Å². The number of carbonyl (C=O) groups is 2. The predicted molar refractivity (Wildman–Crippen MR) is 107 cm³/mol. The summed E-state index contributed by atoms with van der Waals surface area (Å²) < 4.78 is 19.7. The monoisotopic (exact) mass is 412 g/mol. The molecule has 1 amide bonds. The Morgan fingerprint density at radius 2 is 1.86 bits per heavy atom. The van der Waals surface area contributed by atoms with Crippen LogP contribution in [0.4, 0.5) is 9.52 Å². The first-order chi connectivity index (χ1) is 14.0. The number of carbonyl (C=O) groups excluding carboxylic acids is 2. The summed E-state index contributed by atoms with van der Waals surface area (Å²) >= 11 is 1.42. The van der Waals surface area contributed by atoms with Crippen molar-refractivity contribution in [2.24, 2.45) is 5.92 Å². The molecule has 3 atom stereocenters. The normalized spacial score (nSPS) is 26.4. The fraction of sp³-hybridized carbons (Fsp3) is 0.409. The highest BCUT2D eigenvalue weighted by atomic mass is 32.1. The maximum Gasteiger partial charge on any atom is 0.296 e. The molecule has 1 fully saturated rings. The zero-order valence-corrected chi connectivity index (χ0v) is 17.1. The average molecular weight is 412 g/mol. The number of nitrogens with zero attached hydrogens (tertiary/aromatic N) is 2. The number of ether oxygens (including phenoxy) is 1. The van der Waals surface area contributed by atoms with Gasteiger partial charge < -0.3 is 4.74 Å². The number of rotatable bonds is 2. The lowest BCUT2D eigenvalue weighted by molar-refractivity contribution is -0.131. The number of hydrogen-bond acceptors (Lipinski definition) is 5. The molecule has 3 unspecified atom stereocenters. The molecule has 3 heterocycles. The Labute approximate surface area is 172 Å². The number of thiazole rings is 1. The van der Waals surface area contributed by atoms with Gasteiger partial charge >= 0.3 is 0 Å². The van der Waals surface area contributed by atoms with Gasteiger partial charge in [0.15, 0.2) is 16.7 Å². The molecule has 1 saturated carbocycles. The average Bonchev–Trinajstić information content (AvgIpc) is 3.19. The highest BCUT2D eigenvalue weighted by Gasteiger charge is 2.53. The first-order valence-electron chi connectivity index (χ1n) is 9.94. The number of Topliss-reactive ketones (excluding diaryl/α,β-unsaturated/α-hetero) is 1. The molecule has 3 aliphatic rings. The number of benzene rings is 1. The van der Waals surface area contributed by atoms with Crippen molar-refractivity contribution in [2.75, 3.05) is 4.90 Å². The van der Waals surface area contributed by atoms with Gasteiger partial charge in [0.05, 0.1) is 23.2 Å². The van der Waals surface area contributed by atoms with Crippen molar-refractivity contribution in [3.8, 4) is 0 Å². The Hall–Kier alpha value is -2.54. The summed E-state index contributed by atoms with van der Waals surface area (Å²) in [4.78, 5) is 34.0. The third kappa shape index (κ3) is 2.82. The van der Waals surface area contributed by atoms with Crippen molar-refractivity contribution in [3.05, 3.63) is 57.5 Å². The molecular weight excluding hydrogens is 391 g/mol. The summed E-state index contributed by atoms with van der Waals surface area (Å²) in [6.07, 6.45) is 3.33. The number of aryl methyl sites for hydroxylation is 2. The third-order valence-corrected chi connectivity index (χ3v) is 7.24. The minimum absolute atomic E-state index is 0.00822. The Morgan fingerprint density at radius 3 is 2.55 bits per heavy atom. The van der Waals surface area contributed by atoms with Gasteiger partial charge in [-0.3, -0.25) is 14.5 Å². The number of fused-ring (bicyclic) bond motifs is 1. The van der Waals surface area contributed by atoms with Crippen LogP contribution in [-0.4, -0.2) is 22.8 Å². The molecule has 5 rings (SSSR count). The fourth-order valence-corrected chi connectivity index (χ4v) is 5.50. The van der Waals surface area contributed by atoms with E-state index in [1.807, 2.05) is 13.8 Å². The molecule has 0 spiro atoms. The Bertz CT molecular complexity index is 1020. The summed E-state index contributed by atoms with van der Waals surface area (Å²) in [6, 6.07) is 5.32. The van der Waals surface area contributed by atoms with Crippen LogP contribution in [0.3, 0.4) is 0 Å². The van der Waals surface area contributed by atoms with Crippen LogP contribution in [0.15, 0.2) is 35.6 Å². The van der Waals surface area contributed by atoms with Gasteiger partial charge in [-0.1, -0.05) is 18.6 Å². The van der Waals surface area contributed by atoms with E-state index >= 15 is 0 Å². The van der Waals surface area contributed by atoms with E-state index in [2.05, 4.69) is 4.98 Å². The van der Waals surface area contributed by atoms with E-state index in [4.69, 9.17) is 4.74 Å². The van der Waals surface area contributed by atoms with Crippen LogP contribution in [0.5, 0.6) is 0 Å². The Balaban J connectivity index is 1.66. The Kier molecular flexibility index (Phi) is 4.31. The van der Waals surface area contributed by atoms with Gasteiger partial charge in [0.25, 0.3) is 5.91 Å². The highest BCUT2D eigenvalue weighted by molar-refractivity contribution is 7.15. The number of anilines is 1. The standard InChI is InChI=1S/C22H21FN2O3S/c1-11-12(2)29-22(24-11)25-18(13-7-9-14(23)10-8-13)17-19(26)15-5-3-4-6-16(15)28-20(17)21(25)27/h7-10,15-16,18H,3-6H2,1-2H3. The minimum atomic E-state index is -0.640. The number of aromatic nitrogens is 1. The molecular formula is C22H21FN2O3S. The van der Waals surface area contributed by atoms with E-state index in [1.165, 1.54) is 23.5 Å². The summed E-state index contributed by atoms with van der Waals surface area (Å²) in [5, 5.41) is 0.535. The lowest BCUT2D eigenvalue weighted by Gasteiger charge is -2.35. The van der Waals surface area contributed by atoms with E-state index in [9.17, 15) is 14.0 Å². The van der Waals surface area contributed by atoms with Crippen molar-refractivity contribution < 1.29 is 18.7 Å². The summed E-state index contributed by atoms with van der Waals surface area (Å²) in [7, 11) is 0. The van der Waals surface area contributed by atoms with Gasteiger partial charge in [-0.05, 0) is 50.8 Å². The smallest absolute Gasteiger partial charge is 0.296 e. The second-order valence-corrected chi connectivity index (χ2v) is 9.10. The SMILES string of the molecule is Cc1nc(N2C(=O)C3=C(C(=O)C4CCCCC4O3)C2c2ccc(F)cc2)sc1C. The van der Waals surface area contributed by atoms with E-state index in [1.54, 1.807) is 17.0 Å². The van der Waals surface area contributed by atoms with Gasteiger partial charge in [0.1, 0.15) is 11.9 Å². The molecule has 0 N–H and O–H groups in total. The molecule has 7 heteroatoms. The van der Waals surface area contributed by atoms with Crippen LogP contribution >= 0.6 is 11.3 Å². The van der Waals surface area contributed by atoms with Crippen LogP contribution in [0.25, 0.3) is 0 Å². The maximum absolute atomic E-state index is 13.6. The van der Waals surface area contributed by atoms with Gasteiger partial charge in [-0.2, -0.15) is 0 Å². The quantitative estimate of drug-likeness (QED) is 0.734. The van der Waals surface area contributed by atoms with Crippen molar-refractivity contribution >= 4 is 28.2 Å². The van der Waals surface area contributed by atoms with Crippen molar-refractivity contribution in [2.45, 2.75) is 51.7 Å². The second-order valence-electron chi connectivity index (χ2n) is 7.92. The first-order valence-corrected chi connectivity index (χ1v) is 10.8. The van der Waals surface area contributed by atoms with Crippen molar-refractivity contribution in [1.82, 2.24) is 4.98 Å². The zero-order chi connectivity index (χ0) is 20.3. The molecule has 0 radical (unpaired) electrons. The van der Waals surface area contributed by atoms with Gasteiger partial charge in [-0.25, -0.2) is 9.37 Å². The van der Waals surface area contributed by atoms with E-state index in [0.29, 0.717) is 16.3 Å². The molecule has 2 aliphatic heterocycles. The number of amides is 1. The summed E-state index contributed by atoms with van der Waals surface area (Å²) in [5.41, 5.74) is 1.93. The molecule has 2 aromatic rings. The number of ketones is 1. The summed E-state index contributed by atoms with van der Waals surface area (Å²) in [5.74, 6) is -0.763. The molecule has 29 heavy (non-hydrogen) atoms. The highest BCUT2D eigenvalue weighted by Crippen LogP contribution is 2.49. The lowest BCUT2D eigenvalue weighted by Crippen LogP contribution is -2.39. The molecule has 0 saturated heterocycles. The van der Waals surface area contributed by atoms with Gasteiger partial charge in [0, 0.05) is 4.88 Å². The number of hydrogen-bond donors (Lipinski definition) is 0. The third-order valence-electron chi connectivity index (χ3n) is 6.17. The molecule has 1 aromatic carbocycles. The molecule has 1 aliphatic carbocycles. The molecule has 150 valence electrons. The largest absolute Gasteiger partial charge is 0.483 e. The topological polar surface area (TPSA) is 59.5 Å². The van der Waals surface area contributed by atoms with Crippen molar-refractivity contribution in [3.63, 3.8) is 0 Å². The van der Waals surface area contributed by atoms with Crippen LogP contribution in [-0.2, 0) is 14.3 Å².